The van der Waals surface area contributed by atoms with Crippen LogP contribution in [0.15, 0.2) is 35.1 Å². The van der Waals surface area contributed by atoms with E-state index in [1.54, 1.807) is 4.90 Å². The second-order valence-electron chi connectivity index (χ2n) is 11.7. The predicted octanol–water partition coefficient (Wildman–Crippen LogP) is 5.14. The minimum Gasteiger partial charge on any atom is -0.493 e. The number of nitrogens with one attached hydrogen (secondary N) is 1. The Kier molecular flexibility index (Phi) is 9.26. The molecule has 2 atom stereocenters. The van der Waals surface area contributed by atoms with Crippen molar-refractivity contribution in [1.82, 2.24) is 9.88 Å². The number of nitrogens with zero attached hydrogens (tertiary/aromatic N) is 2. The predicted molar refractivity (Wildman–Crippen MR) is 160 cm³/mol. The molecule has 2 aliphatic heterocycles. The minimum atomic E-state index is -4.82. The van der Waals surface area contributed by atoms with Gasteiger partial charge in [0, 0.05) is 43.0 Å². The van der Waals surface area contributed by atoms with Crippen LogP contribution in [0, 0.1) is 18.6 Å². The largest absolute Gasteiger partial charge is 0.493 e. The Labute approximate surface area is 262 Å². The number of anilines is 1. The molecule has 3 aromatic rings. The van der Waals surface area contributed by atoms with Gasteiger partial charge in [-0.15, -0.1) is 0 Å². The van der Waals surface area contributed by atoms with Crippen molar-refractivity contribution >= 4 is 17.4 Å². The summed E-state index contributed by atoms with van der Waals surface area (Å²) in [5.41, 5.74) is -2.01. The lowest BCUT2D eigenvalue weighted by atomic mass is 9.88. The maximum absolute atomic E-state index is 15.2. The van der Waals surface area contributed by atoms with Gasteiger partial charge in [-0.25, -0.2) is 8.78 Å². The van der Waals surface area contributed by atoms with Crippen LogP contribution in [0.2, 0.25) is 0 Å². The molecule has 2 aliphatic rings. The van der Waals surface area contributed by atoms with Gasteiger partial charge in [-0.05, 0) is 62.9 Å². The number of ketones is 1. The van der Waals surface area contributed by atoms with Gasteiger partial charge in [0.25, 0.3) is 11.5 Å². The molecule has 1 fully saturated rings. The summed E-state index contributed by atoms with van der Waals surface area (Å²) >= 11 is 0. The molecule has 0 spiro atoms. The maximum atomic E-state index is 15.2. The topological polar surface area (TPSA) is 89.9 Å². The molecule has 0 aliphatic carbocycles. The van der Waals surface area contributed by atoms with Crippen molar-refractivity contribution in [1.29, 1.82) is 0 Å². The van der Waals surface area contributed by atoms with Gasteiger partial charge in [0.2, 0.25) is 0 Å². The van der Waals surface area contributed by atoms with Crippen LogP contribution in [0.25, 0.3) is 11.1 Å². The third-order valence-corrected chi connectivity index (χ3v) is 8.59. The van der Waals surface area contributed by atoms with Crippen LogP contribution in [-0.2, 0) is 35.6 Å². The fraction of sp³-hybridized carbons (Fsp3) is 0.424. The van der Waals surface area contributed by atoms with Crippen molar-refractivity contribution in [2.24, 2.45) is 7.05 Å². The standard InChI is InChI=1S/C33H34F5N3O5/c1-17-12-24(33(36,37)38)28(32(44)40(17)4)23-8-7-20(22-6-5-10-46-30(22)23)13-27(19(3)42)39-31(43)29-25(34)14-21(15-26(29)35)41-9-11-45-16-18(41)2/h7-8,12,14-15,18,27H,5-6,9-11,13,16H2,1-4H3,(H,39,43)/t18-,27-/m0/s1. The molecule has 46 heavy (non-hydrogen) atoms. The number of rotatable bonds is 7. The highest BCUT2D eigenvalue weighted by Gasteiger charge is 2.38. The van der Waals surface area contributed by atoms with Gasteiger partial charge in [-0.1, -0.05) is 12.1 Å². The highest BCUT2D eigenvalue weighted by atomic mass is 19.4. The monoisotopic (exact) mass is 647 g/mol. The van der Waals surface area contributed by atoms with Crippen LogP contribution in [0.3, 0.4) is 0 Å². The summed E-state index contributed by atoms with van der Waals surface area (Å²) in [6.45, 7) is 5.84. The number of carbonyl (C=O) groups is 2. The Morgan fingerprint density at radius 3 is 2.43 bits per heavy atom. The van der Waals surface area contributed by atoms with Gasteiger partial charge in [0.15, 0.2) is 5.78 Å². The van der Waals surface area contributed by atoms with Crippen molar-refractivity contribution in [3.05, 3.63) is 80.3 Å². The van der Waals surface area contributed by atoms with E-state index < -0.39 is 57.8 Å². The van der Waals surface area contributed by atoms with Crippen LogP contribution < -0.4 is 20.5 Å². The van der Waals surface area contributed by atoms with Crippen LogP contribution in [0.5, 0.6) is 5.75 Å². The lowest BCUT2D eigenvalue weighted by molar-refractivity contribution is -0.137. The Hall–Kier alpha value is -4.26. The first kappa shape index (κ1) is 33.1. The number of halogens is 5. The Morgan fingerprint density at radius 1 is 1.11 bits per heavy atom. The highest BCUT2D eigenvalue weighted by molar-refractivity contribution is 5.98. The van der Waals surface area contributed by atoms with E-state index >= 15 is 8.78 Å². The quantitative estimate of drug-likeness (QED) is 0.358. The third kappa shape index (κ3) is 6.37. The molecular formula is C33H34F5N3O5. The maximum Gasteiger partial charge on any atom is 0.417 e. The average Bonchev–Trinajstić information content (AvgIpc) is 2.99. The van der Waals surface area contributed by atoms with E-state index in [-0.39, 0.29) is 41.8 Å². The normalized spacial score (nSPS) is 17.2. The van der Waals surface area contributed by atoms with E-state index in [2.05, 4.69) is 5.32 Å². The van der Waals surface area contributed by atoms with Crippen molar-refractivity contribution in [3.8, 4) is 16.9 Å². The summed E-state index contributed by atoms with van der Waals surface area (Å²) in [5, 5.41) is 2.43. The third-order valence-electron chi connectivity index (χ3n) is 8.59. The number of carbonyl (C=O) groups excluding carboxylic acids is 2. The molecule has 5 rings (SSSR count). The number of alkyl halides is 3. The number of amides is 1. The zero-order chi connectivity index (χ0) is 33.5. The molecular weight excluding hydrogens is 613 g/mol. The molecule has 1 amide bonds. The number of fused-ring (bicyclic) bond motifs is 1. The molecule has 246 valence electrons. The molecule has 0 radical (unpaired) electrons. The van der Waals surface area contributed by atoms with E-state index in [1.165, 1.54) is 33.0 Å². The smallest absolute Gasteiger partial charge is 0.417 e. The van der Waals surface area contributed by atoms with Crippen molar-refractivity contribution in [2.75, 3.05) is 31.3 Å². The molecule has 8 nitrogen and oxygen atoms in total. The molecule has 1 N–H and O–H groups in total. The van der Waals surface area contributed by atoms with E-state index in [0.29, 0.717) is 43.7 Å². The Morgan fingerprint density at radius 2 is 1.80 bits per heavy atom. The number of aryl methyl sites for hydroxylation is 1. The lowest BCUT2D eigenvalue weighted by Crippen LogP contribution is -2.44. The molecule has 0 bridgehead atoms. The Bertz CT molecular complexity index is 1730. The van der Waals surface area contributed by atoms with E-state index in [0.717, 1.165) is 22.8 Å². The fourth-order valence-electron chi connectivity index (χ4n) is 6.02. The summed E-state index contributed by atoms with van der Waals surface area (Å²) < 4.78 is 85.1. The van der Waals surface area contributed by atoms with Crippen LogP contribution in [0.1, 0.15) is 53.0 Å². The van der Waals surface area contributed by atoms with Crippen molar-refractivity contribution in [2.45, 2.75) is 58.3 Å². The van der Waals surface area contributed by atoms with E-state index in [4.69, 9.17) is 9.47 Å². The van der Waals surface area contributed by atoms with Crippen LogP contribution >= 0.6 is 0 Å². The summed E-state index contributed by atoms with van der Waals surface area (Å²) in [6, 6.07) is 4.52. The lowest BCUT2D eigenvalue weighted by Gasteiger charge is -2.35. The Balaban J connectivity index is 1.47. The summed E-state index contributed by atoms with van der Waals surface area (Å²) in [7, 11) is 1.38. The number of aromatic nitrogens is 1. The first-order chi connectivity index (χ1) is 21.7. The van der Waals surface area contributed by atoms with Gasteiger partial charge in [0.05, 0.1) is 37.0 Å². The molecule has 0 saturated carbocycles. The first-order valence-corrected chi connectivity index (χ1v) is 14.9. The van der Waals surface area contributed by atoms with Gasteiger partial charge < -0.3 is 24.3 Å². The summed E-state index contributed by atoms with van der Waals surface area (Å²) in [5.74, 6) is -3.73. The number of pyridine rings is 1. The van der Waals surface area contributed by atoms with Crippen molar-refractivity contribution in [3.63, 3.8) is 0 Å². The second-order valence-corrected chi connectivity index (χ2v) is 11.7. The summed E-state index contributed by atoms with van der Waals surface area (Å²) in [6.07, 6.45) is -4.06. The van der Waals surface area contributed by atoms with Crippen molar-refractivity contribution < 1.29 is 41.0 Å². The number of morpholine rings is 1. The van der Waals surface area contributed by atoms with Gasteiger partial charge in [-0.2, -0.15) is 13.2 Å². The number of benzene rings is 2. The van der Waals surface area contributed by atoms with Crippen LogP contribution in [-0.4, -0.2) is 54.7 Å². The van der Waals surface area contributed by atoms with E-state index in [9.17, 15) is 27.6 Å². The fourth-order valence-corrected chi connectivity index (χ4v) is 6.02. The number of hydrogen-bond donors (Lipinski definition) is 1. The number of ether oxygens (including phenoxy) is 2. The molecule has 3 heterocycles. The molecule has 13 heteroatoms. The SMILES string of the molecule is CC(=O)[C@H](Cc1ccc(-c2c(C(F)(F)F)cc(C)n(C)c2=O)c2c1CCCO2)NC(=O)c1c(F)cc(N2CCOC[C@@H]2C)cc1F. The van der Waals surface area contributed by atoms with Gasteiger partial charge in [-0.3, -0.25) is 14.4 Å². The number of hydrogen-bond acceptors (Lipinski definition) is 6. The van der Waals surface area contributed by atoms with Gasteiger partial charge in [0.1, 0.15) is 22.9 Å². The van der Waals surface area contributed by atoms with Gasteiger partial charge >= 0.3 is 6.18 Å². The summed E-state index contributed by atoms with van der Waals surface area (Å²) in [4.78, 5) is 40.8. The molecule has 0 unspecified atom stereocenters. The average molecular weight is 648 g/mol. The second kappa shape index (κ2) is 12.9. The highest BCUT2D eigenvalue weighted by Crippen LogP contribution is 2.43. The zero-order valence-electron chi connectivity index (χ0n) is 25.8. The van der Waals surface area contributed by atoms with Crippen LogP contribution in [0.4, 0.5) is 27.6 Å². The molecule has 2 aromatic carbocycles. The number of Topliss-reactive ketones (excluding diaryl/α,β-unsaturated/α-hetero) is 1. The minimum absolute atomic E-state index is 0.0337. The zero-order valence-corrected chi connectivity index (χ0v) is 25.8. The van der Waals surface area contributed by atoms with E-state index in [1.807, 2.05) is 6.92 Å². The molecule has 1 saturated heterocycles. The first-order valence-electron chi connectivity index (χ1n) is 14.9. The molecule has 1 aromatic heterocycles.